The zero-order valence-corrected chi connectivity index (χ0v) is 11.3. The SMILES string of the molecule is CC1(C)OB(c2nc3nc[nH]c3c(=O)[nH]2)OC1(C)C. The molecule has 0 atom stereocenters. The molecule has 3 rings (SSSR count). The highest BCUT2D eigenvalue weighted by molar-refractivity contribution is 6.60. The van der Waals surface area contributed by atoms with Gasteiger partial charge in [0, 0.05) is 0 Å². The molecule has 2 aromatic rings. The lowest BCUT2D eigenvalue weighted by Crippen LogP contribution is -2.41. The van der Waals surface area contributed by atoms with Gasteiger partial charge in [0.25, 0.3) is 5.56 Å². The van der Waals surface area contributed by atoms with Crippen molar-refractivity contribution in [1.82, 2.24) is 19.9 Å². The maximum absolute atomic E-state index is 11.9. The molecule has 1 aliphatic rings. The molecule has 0 aliphatic carbocycles. The number of aromatic nitrogens is 4. The Kier molecular flexibility index (Phi) is 2.39. The van der Waals surface area contributed by atoms with Gasteiger partial charge in [0.1, 0.15) is 5.72 Å². The normalized spacial score (nSPS) is 21.2. The zero-order chi connectivity index (χ0) is 13.8. The van der Waals surface area contributed by atoms with Gasteiger partial charge in [0.2, 0.25) is 0 Å². The maximum atomic E-state index is 11.9. The van der Waals surface area contributed by atoms with Gasteiger partial charge in [-0.2, -0.15) is 0 Å². The smallest absolute Gasteiger partial charge is 0.397 e. The van der Waals surface area contributed by atoms with Gasteiger partial charge in [-0.15, -0.1) is 0 Å². The number of rotatable bonds is 1. The second-order valence-electron chi connectivity index (χ2n) is 5.64. The van der Waals surface area contributed by atoms with E-state index in [4.69, 9.17) is 9.31 Å². The van der Waals surface area contributed by atoms with Gasteiger partial charge in [-0.3, -0.25) is 4.79 Å². The molecule has 1 aliphatic heterocycles. The summed E-state index contributed by atoms with van der Waals surface area (Å²) in [6, 6.07) is 0. The summed E-state index contributed by atoms with van der Waals surface area (Å²) >= 11 is 0. The van der Waals surface area contributed by atoms with Gasteiger partial charge in [-0.05, 0) is 27.7 Å². The number of nitrogens with zero attached hydrogens (tertiary/aromatic N) is 2. The first-order valence-electron chi connectivity index (χ1n) is 6.09. The van der Waals surface area contributed by atoms with Crippen molar-refractivity contribution >= 4 is 24.0 Å². The monoisotopic (exact) mass is 262 g/mol. The van der Waals surface area contributed by atoms with Crippen molar-refractivity contribution in [3.05, 3.63) is 16.7 Å². The van der Waals surface area contributed by atoms with Crippen molar-refractivity contribution in [2.24, 2.45) is 0 Å². The molecule has 19 heavy (non-hydrogen) atoms. The average Bonchev–Trinajstić information content (AvgIpc) is 2.82. The topological polar surface area (TPSA) is 92.9 Å². The van der Waals surface area contributed by atoms with Crippen molar-refractivity contribution < 1.29 is 9.31 Å². The Bertz CT molecular complexity index is 675. The summed E-state index contributed by atoms with van der Waals surface area (Å²) in [5.41, 5.74) is -0.197. The Morgan fingerprint density at radius 1 is 1.21 bits per heavy atom. The summed E-state index contributed by atoms with van der Waals surface area (Å²) in [5.74, 6) is 0. The van der Waals surface area contributed by atoms with E-state index in [0.29, 0.717) is 16.9 Å². The highest BCUT2D eigenvalue weighted by Crippen LogP contribution is 2.36. The molecule has 0 bridgehead atoms. The Labute approximate surface area is 109 Å². The number of fused-ring (bicyclic) bond motifs is 1. The van der Waals surface area contributed by atoms with Gasteiger partial charge in [0.05, 0.1) is 17.5 Å². The molecule has 8 heteroatoms. The largest absolute Gasteiger partial charge is 0.532 e. The van der Waals surface area contributed by atoms with E-state index in [1.54, 1.807) is 0 Å². The number of aromatic amines is 2. The third kappa shape index (κ3) is 1.79. The van der Waals surface area contributed by atoms with Crippen molar-refractivity contribution in [3.63, 3.8) is 0 Å². The Morgan fingerprint density at radius 3 is 2.47 bits per heavy atom. The lowest BCUT2D eigenvalue weighted by atomic mass is 9.89. The number of imidazole rings is 1. The van der Waals surface area contributed by atoms with Crippen LogP contribution in [0.25, 0.3) is 11.2 Å². The fourth-order valence-corrected chi connectivity index (χ4v) is 1.93. The molecule has 7 nitrogen and oxygen atoms in total. The van der Waals surface area contributed by atoms with Crippen LogP contribution in [0.4, 0.5) is 0 Å². The minimum atomic E-state index is -0.696. The minimum absolute atomic E-state index is 0.285. The van der Waals surface area contributed by atoms with Crippen LogP contribution < -0.4 is 11.3 Å². The highest BCUT2D eigenvalue weighted by Gasteiger charge is 2.53. The van der Waals surface area contributed by atoms with Gasteiger partial charge in [-0.25, -0.2) is 9.97 Å². The fraction of sp³-hybridized carbons (Fsp3) is 0.545. The van der Waals surface area contributed by atoms with Gasteiger partial charge in [-0.1, -0.05) is 0 Å². The van der Waals surface area contributed by atoms with Crippen LogP contribution in [0.15, 0.2) is 11.1 Å². The van der Waals surface area contributed by atoms with E-state index in [1.807, 2.05) is 27.7 Å². The lowest BCUT2D eigenvalue weighted by molar-refractivity contribution is 0.00578. The summed E-state index contributed by atoms with van der Waals surface area (Å²) < 4.78 is 11.7. The lowest BCUT2D eigenvalue weighted by Gasteiger charge is -2.32. The first-order valence-corrected chi connectivity index (χ1v) is 6.09. The van der Waals surface area contributed by atoms with Crippen LogP contribution in [0, 0.1) is 0 Å². The maximum Gasteiger partial charge on any atom is 0.532 e. The van der Waals surface area contributed by atoms with E-state index in [1.165, 1.54) is 6.33 Å². The van der Waals surface area contributed by atoms with Gasteiger partial charge < -0.3 is 19.3 Å². The third-order valence-electron chi connectivity index (χ3n) is 3.79. The molecule has 0 unspecified atom stereocenters. The number of nitrogens with one attached hydrogen (secondary N) is 2. The van der Waals surface area contributed by atoms with Crippen LogP contribution >= 0.6 is 0 Å². The van der Waals surface area contributed by atoms with Crippen LogP contribution in [-0.4, -0.2) is 38.3 Å². The molecule has 3 heterocycles. The Hall–Kier alpha value is -1.67. The molecule has 0 aromatic carbocycles. The van der Waals surface area contributed by atoms with Crippen LogP contribution in [0.1, 0.15) is 27.7 Å². The molecule has 1 saturated heterocycles. The molecule has 0 saturated carbocycles. The van der Waals surface area contributed by atoms with E-state index in [9.17, 15) is 4.79 Å². The Morgan fingerprint density at radius 2 is 1.84 bits per heavy atom. The number of H-pyrrole nitrogens is 2. The minimum Gasteiger partial charge on any atom is -0.397 e. The summed E-state index contributed by atoms with van der Waals surface area (Å²) in [5, 5.41) is 0. The van der Waals surface area contributed by atoms with E-state index < -0.39 is 18.3 Å². The standard InChI is InChI=1S/C11H15BN4O3/c1-10(2)11(3,4)19-12(18-10)9-15-7-6(8(17)16-9)13-5-14-7/h5H,1-4H3,(H2,13,14,15,16,17). The van der Waals surface area contributed by atoms with E-state index in [0.717, 1.165) is 0 Å². The quantitative estimate of drug-likeness (QED) is 0.702. The summed E-state index contributed by atoms with van der Waals surface area (Å²) in [6.45, 7) is 7.77. The van der Waals surface area contributed by atoms with Crippen LogP contribution in [0.3, 0.4) is 0 Å². The molecule has 0 spiro atoms. The van der Waals surface area contributed by atoms with Crippen LogP contribution in [-0.2, 0) is 9.31 Å². The van der Waals surface area contributed by atoms with Gasteiger partial charge in [0.15, 0.2) is 11.2 Å². The van der Waals surface area contributed by atoms with Gasteiger partial charge >= 0.3 is 7.12 Å². The van der Waals surface area contributed by atoms with E-state index >= 15 is 0 Å². The molecule has 0 amide bonds. The fourth-order valence-electron chi connectivity index (χ4n) is 1.93. The van der Waals surface area contributed by atoms with Crippen molar-refractivity contribution in [2.45, 2.75) is 38.9 Å². The zero-order valence-electron chi connectivity index (χ0n) is 11.3. The molecular weight excluding hydrogens is 247 g/mol. The molecule has 0 radical (unpaired) electrons. The summed E-state index contributed by atoms with van der Waals surface area (Å²) in [7, 11) is -0.696. The number of hydrogen-bond donors (Lipinski definition) is 2. The predicted octanol–water partition coefficient (Wildman–Crippen LogP) is -0.0546. The van der Waals surface area contributed by atoms with Crippen molar-refractivity contribution in [1.29, 1.82) is 0 Å². The van der Waals surface area contributed by atoms with E-state index in [-0.39, 0.29) is 5.56 Å². The van der Waals surface area contributed by atoms with Crippen LogP contribution in [0.5, 0.6) is 0 Å². The predicted molar refractivity (Wildman–Crippen MR) is 70.2 cm³/mol. The summed E-state index contributed by atoms with van der Waals surface area (Å²) in [4.78, 5) is 25.5. The van der Waals surface area contributed by atoms with Crippen LogP contribution in [0.2, 0.25) is 0 Å². The second-order valence-corrected chi connectivity index (χ2v) is 5.64. The average molecular weight is 262 g/mol. The Balaban J connectivity index is 2.05. The molecule has 1 fully saturated rings. The molecule has 2 N–H and O–H groups in total. The van der Waals surface area contributed by atoms with E-state index in [2.05, 4.69) is 19.9 Å². The third-order valence-corrected chi connectivity index (χ3v) is 3.79. The molecule has 2 aromatic heterocycles. The second kappa shape index (κ2) is 3.67. The molecular formula is C11H15BN4O3. The highest BCUT2D eigenvalue weighted by atomic mass is 16.7. The first-order chi connectivity index (χ1) is 8.80. The molecule has 100 valence electrons. The number of hydrogen-bond acceptors (Lipinski definition) is 5. The van der Waals surface area contributed by atoms with Crippen molar-refractivity contribution in [3.8, 4) is 0 Å². The first kappa shape index (κ1) is 12.4. The van der Waals surface area contributed by atoms with Crippen molar-refractivity contribution in [2.75, 3.05) is 0 Å². The summed E-state index contributed by atoms with van der Waals surface area (Å²) in [6.07, 6.45) is 1.43.